The van der Waals surface area contributed by atoms with Crippen LogP contribution in [0.5, 0.6) is 0 Å². The first-order chi connectivity index (χ1) is 9.24. The molecule has 0 saturated heterocycles. The molecule has 1 saturated carbocycles. The van der Waals surface area contributed by atoms with Crippen molar-refractivity contribution in [3.8, 4) is 0 Å². The van der Waals surface area contributed by atoms with E-state index in [9.17, 15) is 4.79 Å². The topological polar surface area (TPSA) is 76.2 Å². The summed E-state index contributed by atoms with van der Waals surface area (Å²) in [5.41, 5.74) is 0. The summed E-state index contributed by atoms with van der Waals surface area (Å²) in [6.07, 6.45) is 9.80. The van der Waals surface area contributed by atoms with Crippen LogP contribution in [-0.2, 0) is 17.6 Å². The quantitative estimate of drug-likeness (QED) is 0.768. The van der Waals surface area contributed by atoms with Crippen LogP contribution >= 0.6 is 0 Å². The van der Waals surface area contributed by atoms with Crippen molar-refractivity contribution in [2.24, 2.45) is 5.92 Å². The lowest BCUT2D eigenvalue weighted by Crippen LogP contribution is -2.09. The zero-order valence-corrected chi connectivity index (χ0v) is 11.3. The van der Waals surface area contributed by atoms with Crippen molar-refractivity contribution in [2.45, 2.75) is 64.2 Å². The number of hydrogen-bond donors (Lipinski definition) is 1. The monoisotopic (exact) mass is 266 g/mol. The highest BCUT2D eigenvalue weighted by Crippen LogP contribution is 2.26. The standard InChI is InChI=1S/C14H22N2O3/c17-14(18)9-5-4-8-12-15-16-13(19-12)10-11-6-2-1-3-7-11/h11H,1-10H2,(H,17,18). The Morgan fingerprint density at radius 2 is 1.89 bits per heavy atom. The minimum Gasteiger partial charge on any atom is -0.481 e. The number of carboxylic acids is 1. The molecule has 5 nitrogen and oxygen atoms in total. The third-order valence-electron chi connectivity index (χ3n) is 3.73. The van der Waals surface area contributed by atoms with E-state index in [4.69, 9.17) is 9.52 Å². The van der Waals surface area contributed by atoms with Gasteiger partial charge in [0.05, 0.1) is 0 Å². The second-order valence-corrected chi connectivity index (χ2v) is 5.40. The van der Waals surface area contributed by atoms with Crippen LogP contribution in [0.4, 0.5) is 0 Å². The number of nitrogens with zero attached hydrogens (tertiary/aromatic N) is 2. The molecular formula is C14H22N2O3. The van der Waals surface area contributed by atoms with E-state index in [0.717, 1.165) is 18.7 Å². The van der Waals surface area contributed by atoms with Crippen molar-refractivity contribution >= 4 is 5.97 Å². The molecular weight excluding hydrogens is 244 g/mol. The Kier molecular flexibility index (Phi) is 5.36. The molecule has 0 spiro atoms. The zero-order chi connectivity index (χ0) is 13.5. The predicted molar refractivity (Wildman–Crippen MR) is 69.8 cm³/mol. The second kappa shape index (κ2) is 7.26. The molecule has 1 aliphatic rings. The van der Waals surface area contributed by atoms with Crippen molar-refractivity contribution < 1.29 is 14.3 Å². The van der Waals surface area contributed by atoms with Gasteiger partial charge in [-0.05, 0) is 31.6 Å². The maximum Gasteiger partial charge on any atom is 0.303 e. The van der Waals surface area contributed by atoms with Crippen LogP contribution in [0.2, 0.25) is 0 Å². The lowest BCUT2D eigenvalue weighted by atomic mass is 9.87. The number of hydrogen-bond acceptors (Lipinski definition) is 4. The van der Waals surface area contributed by atoms with E-state index in [0.29, 0.717) is 24.7 Å². The van der Waals surface area contributed by atoms with Gasteiger partial charge in [0.25, 0.3) is 0 Å². The summed E-state index contributed by atoms with van der Waals surface area (Å²) in [5, 5.41) is 16.7. The molecule has 0 unspecified atom stereocenters. The predicted octanol–water partition coefficient (Wildman–Crippen LogP) is 2.99. The van der Waals surface area contributed by atoms with Crippen LogP contribution in [0, 0.1) is 5.92 Å². The Bertz CT molecular complexity index is 397. The molecule has 1 aliphatic carbocycles. The van der Waals surface area contributed by atoms with Crippen LogP contribution < -0.4 is 0 Å². The molecule has 106 valence electrons. The third-order valence-corrected chi connectivity index (χ3v) is 3.73. The first-order valence-corrected chi connectivity index (χ1v) is 7.27. The van der Waals surface area contributed by atoms with Gasteiger partial charge in [-0.2, -0.15) is 0 Å². The first kappa shape index (κ1) is 14.0. The third kappa shape index (κ3) is 5.01. The Morgan fingerprint density at radius 1 is 1.16 bits per heavy atom. The molecule has 0 atom stereocenters. The fourth-order valence-corrected chi connectivity index (χ4v) is 2.66. The van der Waals surface area contributed by atoms with Gasteiger partial charge >= 0.3 is 5.97 Å². The average molecular weight is 266 g/mol. The fraction of sp³-hybridized carbons (Fsp3) is 0.786. The molecule has 1 heterocycles. The maximum absolute atomic E-state index is 10.4. The van der Waals surface area contributed by atoms with Gasteiger partial charge in [0.15, 0.2) is 0 Å². The molecule has 1 aromatic rings. The number of unbranched alkanes of at least 4 members (excludes halogenated alkanes) is 1. The highest BCUT2D eigenvalue weighted by Gasteiger charge is 2.17. The molecule has 0 aliphatic heterocycles. The summed E-state index contributed by atoms with van der Waals surface area (Å²) >= 11 is 0. The van der Waals surface area contributed by atoms with E-state index in [2.05, 4.69) is 10.2 Å². The number of rotatable bonds is 7. The van der Waals surface area contributed by atoms with Gasteiger partial charge in [0.2, 0.25) is 11.8 Å². The van der Waals surface area contributed by atoms with Gasteiger partial charge in [0, 0.05) is 19.3 Å². The van der Waals surface area contributed by atoms with Crippen molar-refractivity contribution in [2.75, 3.05) is 0 Å². The van der Waals surface area contributed by atoms with Gasteiger partial charge in [-0.1, -0.05) is 19.3 Å². The van der Waals surface area contributed by atoms with E-state index in [-0.39, 0.29) is 6.42 Å². The van der Waals surface area contributed by atoms with E-state index < -0.39 is 5.97 Å². The number of carbonyl (C=O) groups is 1. The van der Waals surface area contributed by atoms with Crippen LogP contribution in [0.3, 0.4) is 0 Å². The smallest absolute Gasteiger partial charge is 0.303 e. The molecule has 19 heavy (non-hydrogen) atoms. The minimum atomic E-state index is -0.747. The molecule has 1 aromatic heterocycles. The van der Waals surface area contributed by atoms with Crippen LogP contribution in [0.1, 0.15) is 63.1 Å². The Labute approximate surface area is 113 Å². The van der Waals surface area contributed by atoms with Gasteiger partial charge in [-0.3, -0.25) is 4.79 Å². The summed E-state index contributed by atoms with van der Waals surface area (Å²) in [5.74, 6) is 1.36. The van der Waals surface area contributed by atoms with Crippen LogP contribution in [0.15, 0.2) is 4.42 Å². The SMILES string of the molecule is O=C(O)CCCCc1nnc(CC2CCCCC2)o1. The largest absolute Gasteiger partial charge is 0.481 e. The minimum absolute atomic E-state index is 0.211. The lowest BCUT2D eigenvalue weighted by Gasteiger charge is -2.19. The number of aliphatic carboxylic acids is 1. The summed E-state index contributed by atoms with van der Waals surface area (Å²) in [6.45, 7) is 0. The lowest BCUT2D eigenvalue weighted by molar-refractivity contribution is -0.137. The molecule has 5 heteroatoms. The summed E-state index contributed by atoms with van der Waals surface area (Å²) in [6, 6.07) is 0. The van der Waals surface area contributed by atoms with Crippen molar-refractivity contribution in [3.05, 3.63) is 11.8 Å². The molecule has 1 N–H and O–H groups in total. The second-order valence-electron chi connectivity index (χ2n) is 5.40. The molecule has 0 aromatic carbocycles. The summed E-state index contributed by atoms with van der Waals surface area (Å²) in [7, 11) is 0. The van der Waals surface area contributed by atoms with Crippen LogP contribution in [0.25, 0.3) is 0 Å². The van der Waals surface area contributed by atoms with E-state index in [1.54, 1.807) is 0 Å². The maximum atomic E-state index is 10.4. The first-order valence-electron chi connectivity index (χ1n) is 7.27. The van der Waals surface area contributed by atoms with Crippen LogP contribution in [-0.4, -0.2) is 21.3 Å². The summed E-state index contributed by atoms with van der Waals surface area (Å²) < 4.78 is 5.62. The molecule has 1 fully saturated rings. The Morgan fingerprint density at radius 3 is 2.63 bits per heavy atom. The highest BCUT2D eigenvalue weighted by molar-refractivity contribution is 5.66. The zero-order valence-electron chi connectivity index (χ0n) is 11.3. The fourth-order valence-electron chi connectivity index (χ4n) is 2.66. The average Bonchev–Trinajstić information content (AvgIpc) is 2.83. The van der Waals surface area contributed by atoms with E-state index >= 15 is 0 Å². The number of aromatic nitrogens is 2. The van der Waals surface area contributed by atoms with Gasteiger partial charge in [0.1, 0.15) is 0 Å². The van der Waals surface area contributed by atoms with Gasteiger partial charge in [-0.25, -0.2) is 0 Å². The molecule has 0 amide bonds. The van der Waals surface area contributed by atoms with E-state index in [1.165, 1.54) is 32.1 Å². The summed E-state index contributed by atoms with van der Waals surface area (Å²) in [4.78, 5) is 10.4. The number of carboxylic acid groups (broad SMARTS) is 1. The van der Waals surface area contributed by atoms with Crippen molar-refractivity contribution in [3.63, 3.8) is 0 Å². The normalized spacial score (nSPS) is 16.6. The van der Waals surface area contributed by atoms with Crippen molar-refractivity contribution in [1.29, 1.82) is 0 Å². The van der Waals surface area contributed by atoms with Gasteiger partial charge in [-0.15, -0.1) is 10.2 Å². The highest BCUT2D eigenvalue weighted by atomic mass is 16.4. The Balaban J connectivity index is 1.70. The van der Waals surface area contributed by atoms with E-state index in [1.807, 2.05) is 0 Å². The number of aryl methyl sites for hydroxylation is 1. The Hall–Kier alpha value is -1.39. The van der Waals surface area contributed by atoms with Gasteiger partial charge < -0.3 is 9.52 Å². The molecule has 2 rings (SSSR count). The molecule has 0 radical (unpaired) electrons. The molecule has 0 bridgehead atoms. The van der Waals surface area contributed by atoms with Crippen molar-refractivity contribution in [1.82, 2.24) is 10.2 Å².